The van der Waals surface area contributed by atoms with Crippen molar-refractivity contribution in [3.05, 3.63) is 29.8 Å². The van der Waals surface area contributed by atoms with E-state index >= 15 is 0 Å². The first-order valence-electron chi connectivity index (χ1n) is 7.24. The summed E-state index contributed by atoms with van der Waals surface area (Å²) < 4.78 is 5.58. The predicted octanol–water partition coefficient (Wildman–Crippen LogP) is 3.75. The highest BCUT2D eigenvalue weighted by Crippen LogP contribution is 2.29. The number of benzene rings is 1. The van der Waals surface area contributed by atoms with E-state index in [9.17, 15) is 0 Å². The first-order valence-corrected chi connectivity index (χ1v) is 7.24. The Morgan fingerprint density at radius 2 is 2.00 bits per heavy atom. The molecule has 1 aliphatic rings. The molecule has 0 bridgehead atoms. The van der Waals surface area contributed by atoms with E-state index in [-0.39, 0.29) is 0 Å². The van der Waals surface area contributed by atoms with Gasteiger partial charge in [-0.15, -0.1) is 0 Å². The third kappa shape index (κ3) is 3.74. The highest BCUT2D eigenvalue weighted by atomic mass is 16.5. The topological polar surface area (TPSA) is 21.3 Å². The van der Waals surface area contributed by atoms with Gasteiger partial charge >= 0.3 is 0 Å². The van der Waals surface area contributed by atoms with Crippen LogP contribution in [0.4, 0.5) is 0 Å². The van der Waals surface area contributed by atoms with E-state index in [1.54, 1.807) is 0 Å². The van der Waals surface area contributed by atoms with E-state index < -0.39 is 0 Å². The fourth-order valence-electron chi connectivity index (χ4n) is 2.31. The van der Waals surface area contributed by atoms with Crippen molar-refractivity contribution in [2.45, 2.75) is 52.1 Å². The van der Waals surface area contributed by atoms with Crippen molar-refractivity contribution in [3.8, 4) is 5.75 Å². The molecule has 0 heterocycles. The fraction of sp³-hybridized carbons (Fsp3) is 0.625. The average molecular weight is 247 g/mol. The molecule has 2 heteroatoms. The number of hydrogen-bond donors (Lipinski definition) is 1. The zero-order valence-electron chi connectivity index (χ0n) is 11.6. The van der Waals surface area contributed by atoms with E-state index in [0.717, 1.165) is 31.2 Å². The predicted molar refractivity (Wildman–Crippen MR) is 75.9 cm³/mol. The van der Waals surface area contributed by atoms with Gasteiger partial charge in [-0.25, -0.2) is 0 Å². The molecule has 1 aromatic rings. The zero-order valence-corrected chi connectivity index (χ0v) is 11.6. The number of nitrogens with one attached hydrogen (secondary N) is 1. The Bertz CT molecular complexity index is 343. The molecule has 1 saturated carbocycles. The van der Waals surface area contributed by atoms with Crippen molar-refractivity contribution < 1.29 is 4.74 Å². The molecule has 0 aromatic heterocycles. The third-order valence-electron chi connectivity index (χ3n) is 3.88. The SMILES string of the molecule is CCCOc1ccc(CNC(C)C2CCC2)cc1. The molecule has 1 fully saturated rings. The number of hydrogen-bond acceptors (Lipinski definition) is 2. The summed E-state index contributed by atoms with van der Waals surface area (Å²) in [5.74, 6) is 1.88. The molecule has 1 aromatic carbocycles. The van der Waals surface area contributed by atoms with E-state index in [2.05, 4.69) is 43.4 Å². The highest BCUT2D eigenvalue weighted by molar-refractivity contribution is 5.27. The van der Waals surface area contributed by atoms with Gasteiger partial charge in [-0.2, -0.15) is 0 Å². The van der Waals surface area contributed by atoms with Crippen LogP contribution in [0, 0.1) is 5.92 Å². The second-order valence-corrected chi connectivity index (χ2v) is 5.35. The Morgan fingerprint density at radius 3 is 2.56 bits per heavy atom. The van der Waals surface area contributed by atoms with Crippen LogP contribution in [-0.2, 0) is 6.54 Å². The summed E-state index contributed by atoms with van der Waals surface area (Å²) in [6, 6.07) is 9.10. The summed E-state index contributed by atoms with van der Waals surface area (Å²) in [6.45, 7) is 6.20. The van der Waals surface area contributed by atoms with E-state index in [1.807, 2.05) is 0 Å². The Labute approximate surface area is 111 Å². The minimum absolute atomic E-state index is 0.648. The van der Waals surface area contributed by atoms with Gasteiger partial charge < -0.3 is 10.1 Å². The molecule has 0 aliphatic heterocycles. The molecule has 0 saturated heterocycles. The smallest absolute Gasteiger partial charge is 0.119 e. The quantitative estimate of drug-likeness (QED) is 0.792. The van der Waals surface area contributed by atoms with Crippen LogP contribution in [0.15, 0.2) is 24.3 Å². The van der Waals surface area contributed by atoms with Crippen LogP contribution in [0.1, 0.15) is 45.1 Å². The standard InChI is InChI=1S/C16H25NO/c1-3-11-18-16-9-7-14(8-10-16)12-17-13(2)15-5-4-6-15/h7-10,13,15,17H,3-6,11-12H2,1-2H3. The summed E-state index contributed by atoms with van der Waals surface area (Å²) in [5, 5.41) is 3.62. The van der Waals surface area contributed by atoms with Crippen molar-refractivity contribution in [2.75, 3.05) is 6.61 Å². The molecule has 18 heavy (non-hydrogen) atoms. The third-order valence-corrected chi connectivity index (χ3v) is 3.88. The van der Waals surface area contributed by atoms with Crippen molar-refractivity contribution in [1.29, 1.82) is 0 Å². The Kier molecular flexibility index (Phi) is 5.06. The Morgan fingerprint density at radius 1 is 1.28 bits per heavy atom. The second kappa shape index (κ2) is 6.79. The molecule has 1 N–H and O–H groups in total. The van der Waals surface area contributed by atoms with Crippen molar-refractivity contribution in [3.63, 3.8) is 0 Å². The summed E-state index contributed by atoms with van der Waals surface area (Å²) in [4.78, 5) is 0. The van der Waals surface area contributed by atoms with Crippen LogP contribution in [0.3, 0.4) is 0 Å². The monoisotopic (exact) mass is 247 g/mol. The normalized spacial score (nSPS) is 17.2. The second-order valence-electron chi connectivity index (χ2n) is 5.35. The van der Waals surface area contributed by atoms with Gasteiger partial charge in [0.2, 0.25) is 0 Å². The van der Waals surface area contributed by atoms with Crippen LogP contribution in [0.25, 0.3) is 0 Å². The van der Waals surface area contributed by atoms with Gasteiger partial charge in [0, 0.05) is 12.6 Å². The fourth-order valence-corrected chi connectivity index (χ4v) is 2.31. The average Bonchev–Trinajstić information content (AvgIpc) is 2.33. The summed E-state index contributed by atoms with van der Waals surface area (Å²) in [7, 11) is 0. The van der Waals surface area contributed by atoms with Gasteiger partial charge in [0.25, 0.3) is 0 Å². The minimum Gasteiger partial charge on any atom is -0.494 e. The first-order chi connectivity index (χ1) is 8.79. The Hall–Kier alpha value is -1.02. The molecule has 0 radical (unpaired) electrons. The maximum Gasteiger partial charge on any atom is 0.119 e. The highest BCUT2D eigenvalue weighted by Gasteiger charge is 2.23. The van der Waals surface area contributed by atoms with Crippen molar-refractivity contribution in [1.82, 2.24) is 5.32 Å². The van der Waals surface area contributed by atoms with Gasteiger partial charge in [0.1, 0.15) is 5.75 Å². The van der Waals surface area contributed by atoms with Crippen LogP contribution in [-0.4, -0.2) is 12.6 Å². The van der Waals surface area contributed by atoms with Crippen LogP contribution >= 0.6 is 0 Å². The maximum atomic E-state index is 5.58. The summed E-state index contributed by atoms with van der Waals surface area (Å²) in [6.07, 6.45) is 5.28. The van der Waals surface area contributed by atoms with Crippen LogP contribution in [0.5, 0.6) is 5.75 Å². The van der Waals surface area contributed by atoms with Gasteiger partial charge in [0.05, 0.1) is 6.61 Å². The molecule has 2 rings (SSSR count). The minimum atomic E-state index is 0.648. The molecule has 2 nitrogen and oxygen atoms in total. The number of ether oxygens (including phenoxy) is 1. The molecule has 1 atom stereocenters. The molecule has 1 aliphatic carbocycles. The first kappa shape index (κ1) is 13.4. The largest absolute Gasteiger partial charge is 0.494 e. The van der Waals surface area contributed by atoms with E-state index in [0.29, 0.717) is 6.04 Å². The van der Waals surface area contributed by atoms with Gasteiger partial charge in [0.15, 0.2) is 0 Å². The maximum absolute atomic E-state index is 5.58. The van der Waals surface area contributed by atoms with Crippen molar-refractivity contribution >= 4 is 0 Å². The molecular weight excluding hydrogens is 222 g/mol. The zero-order chi connectivity index (χ0) is 12.8. The lowest BCUT2D eigenvalue weighted by atomic mass is 9.80. The summed E-state index contributed by atoms with van der Waals surface area (Å²) >= 11 is 0. The number of rotatable bonds is 7. The molecule has 0 amide bonds. The van der Waals surface area contributed by atoms with Gasteiger partial charge in [-0.1, -0.05) is 25.5 Å². The molecule has 1 unspecified atom stereocenters. The molecular formula is C16H25NO. The van der Waals surface area contributed by atoms with Crippen LogP contribution in [0.2, 0.25) is 0 Å². The molecule has 100 valence electrons. The van der Waals surface area contributed by atoms with E-state index in [1.165, 1.54) is 24.8 Å². The van der Waals surface area contributed by atoms with Gasteiger partial charge in [-0.05, 0) is 49.8 Å². The lowest BCUT2D eigenvalue weighted by Gasteiger charge is -2.32. The van der Waals surface area contributed by atoms with Crippen LogP contribution < -0.4 is 10.1 Å². The lowest BCUT2D eigenvalue weighted by Crippen LogP contribution is -2.36. The van der Waals surface area contributed by atoms with Crippen molar-refractivity contribution in [2.24, 2.45) is 5.92 Å². The summed E-state index contributed by atoms with van der Waals surface area (Å²) in [5.41, 5.74) is 1.34. The molecule has 0 spiro atoms. The Balaban J connectivity index is 1.75. The van der Waals surface area contributed by atoms with E-state index in [4.69, 9.17) is 4.74 Å². The van der Waals surface area contributed by atoms with Gasteiger partial charge in [-0.3, -0.25) is 0 Å². The lowest BCUT2D eigenvalue weighted by molar-refractivity contribution is 0.240.